The van der Waals surface area contributed by atoms with Crippen molar-refractivity contribution in [1.82, 2.24) is 9.97 Å². The van der Waals surface area contributed by atoms with Crippen molar-refractivity contribution in [1.29, 1.82) is 0 Å². The predicted molar refractivity (Wildman–Crippen MR) is 50.5 cm³/mol. The molecule has 0 aliphatic rings. The van der Waals surface area contributed by atoms with Crippen LogP contribution in [0.3, 0.4) is 0 Å². The Morgan fingerprint density at radius 2 is 2.38 bits per heavy atom. The van der Waals surface area contributed by atoms with Gasteiger partial charge in [-0.1, -0.05) is 17.7 Å². The molecule has 0 aliphatic heterocycles. The molecule has 0 radical (unpaired) electrons. The number of hydrogen-bond donors (Lipinski definition) is 1. The number of hydrogen-bond acceptors (Lipinski definition) is 3. The second-order valence-electron chi connectivity index (χ2n) is 2.27. The molecule has 0 unspecified atom stereocenters. The van der Waals surface area contributed by atoms with Crippen molar-refractivity contribution < 1.29 is 4.79 Å². The molecule has 0 aromatic carbocycles. The summed E-state index contributed by atoms with van der Waals surface area (Å²) in [6.45, 7) is 3.44. The van der Waals surface area contributed by atoms with Crippen LogP contribution >= 0.6 is 11.6 Å². The first-order valence-corrected chi connectivity index (χ1v) is 3.98. The van der Waals surface area contributed by atoms with E-state index in [0.717, 1.165) is 0 Å². The molecule has 1 aromatic heterocycles. The van der Waals surface area contributed by atoms with E-state index in [2.05, 4.69) is 21.9 Å². The van der Waals surface area contributed by atoms with Crippen molar-refractivity contribution in [2.45, 2.75) is 6.42 Å². The molecule has 5 heteroatoms. The molecular formula is C8H8ClN3O. The normalized spacial score (nSPS) is 9.31. The predicted octanol–water partition coefficient (Wildman–Crippen LogP) is 1.64. The summed E-state index contributed by atoms with van der Waals surface area (Å²) in [5, 5.41) is 2.82. The molecule has 0 saturated heterocycles. The SMILES string of the molecule is C=CCC(=O)Nc1cnc(Cl)cn1. The van der Waals surface area contributed by atoms with Crippen molar-refractivity contribution in [3.8, 4) is 0 Å². The molecule has 0 spiro atoms. The zero-order valence-corrected chi connectivity index (χ0v) is 7.58. The highest BCUT2D eigenvalue weighted by Crippen LogP contribution is 2.05. The standard InChI is InChI=1S/C8H8ClN3O/c1-2-3-8(13)12-7-5-10-6(9)4-11-7/h2,4-5H,1,3H2,(H,11,12,13). The van der Waals surface area contributed by atoms with E-state index in [1.54, 1.807) is 0 Å². The summed E-state index contributed by atoms with van der Waals surface area (Å²) in [6, 6.07) is 0. The number of nitrogens with one attached hydrogen (secondary N) is 1. The molecular weight excluding hydrogens is 190 g/mol. The van der Waals surface area contributed by atoms with Crippen molar-refractivity contribution in [3.05, 3.63) is 30.2 Å². The topological polar surface area (TPSA) is 54.9 Å². The van der Waals surface area contributed by atoms with E-state index in [1.807, 2.05) is 0 Å². The lowest BCUT2D eigenvalue weighted by Gasteiger charge is -2.00. The minimum absolute atomic E-state index is 0.174. The fraction of sp³-hybridized carbons (Fsp3) is 0.125. The van der Waals surface area contributed by atoms with Crippen molar-refractivity contribution in [3.63, 3.8) is 0 Å². The third-order valence-corrected chi connectivity index (χ3v) is 1.41. The van der Waals surface area contributed by atoms with E-state index >= 15 is 0 Å². The van der Waals surface area contributed by atoms with Crippen molar-refractivity contribution in [2.24, 2.45) is 0 Å². The van der Waals surface area contributed by atoms with Crippen LogP contribution in [0.1, 0.15) is 6.42 Å². The Labute approximate surface area is 80.7 Å². The summed E-state index contributed by atoms with van der Waals surface area (Å²) >= 11 is 5.51. The quantitative estimate of drug-likeness (QED) is 0.750. The Kier molecular flexibility index (Phi) is 3.40. The Morgan fingerprint density at radius 1 is 1.62 bits per heavy atom. The minimum atomic E-state index is -0.174. The van der Waals surface area contributed by atoms with Gasteiger partial charge in [0.05, 0.1) is 12.4 Å². The van der Waals surface area contributed by atoms with Crippen LogP contribution in [0.15, 0.2) is 25.0 Å². The van der Waals surface area contributed by atoms with Crippen LogP contribution in [-0.2, 0) is 4.79 Å². The van der Waals surface area contributed by atoms with E-state index < -0.39 is 0 Å². The molecule has 4 nitrogen and oxygen atoms in total. The average Bonchev–Trinajstić information content (AvgIpc) is 2.09. The molecule has 1 rings (SSSR count). The van der Waals surface area contributed by atoms with Gasteiger partial charge >= 0.3 is 0 Å². The number of halogens is 1. The molecule has 13 heavy (non-hydrogen) atoms. The Morgan fingerprint density at radius 3 is 2.92 bits per heavy atom. The van der Waals surface area contributed by atoms with Gasteiger partial charge in [0.15, 0.2) is 5.82 Å². The second kappa shape index (κ2) is 4.57. The summed E-state index contributed by atoms with van der Waals surface area (Å²) < 4.78 is 0. The van der Waals surface area contributed by atoms with Crippen LogP contribution in [0.4, 0.5) is 5.82 Å². The third kappa shape index (κ3) is 3.21. The van der Waals surface area contributed by atoms with Crippen molar-refractivity contribution in [2.75, 3.05) is 5.32 Å². The van der Waals surface area contributed by atoms with E-state index in [4.69, 9.17) is 11.6 Å². The number of amides is 1. The fourth-order valence-corrected chi connectivity index (χ4v) is 0.799. The summed E-state index contributed by atoms with van der Waals surface area (Å²) in [6.07, 6.45) is 4.53. The highest BCUT2D eigenvalue weighted by atomic mass is 35.5. The lowest BCUT2D eigenvalue weighted by molar-refractivity contribution is -0.115. The molecule has 1 N–H and O–H groups in total. The number of aromatic nitrogens is 2. The van der Waals surface area contributed by atoms with E-state index in [1.165, 1.54) is 18.5 Å². The van der Waals surface area contributed by atoms with Crippen LogP contribution in [0.25, 0.3) is 0 Å². The van der Waals surface area contributed by atoms with Gasteiger partial charge in [-0.15, -0.1) is 6.58 Å². The zero-order chi connectivity index (χ0) is 9.68. The highest BCUT2D eigenvalue weighted by Gasteiger charge is 2.00. The summed E-state index contributed by atoms with van der Waals surface area (Å²) in [4.78, 5) is 18.6. The summed E-state index contributed by atoms with van der Waals surface area (Å²) in [5.41, 5.74) is 0. The first kappa shape index (κ1) is 9.67. The molecule has 1 amide bonds. The smallest absolute Gasteiger partial charge is 0.229 e. The minimum Gasteiger partial charge on any atom is -0.309 e. The maximum absolute atomic E-state index is 11.0. The van der Waals surface area contributed by atoms with Gasteiger partial charge in [-0.25, -0.2) is 9.97 Å². The number of carbonyl (C=O) groups excluding carboxylic acids is 1. The Balaban J connectivity index is 2.59. The van der Waals surface area contributed by atoms with Crippen LogP contribution < -0.4 is 5.32 Å². The highest BCUT2D eigenvalue weighted by molar-refractivity contribution is 6.29. The zero-order valence-electron chi connectivity index (χ0n) is 6.83. The van der Waals surface area contributed by atoms with Crippen molar-refractivity contribution >= 4 is 23.3 Å². The van der Waals surface area contributed by atoms with Crippen LogP contribution in [0.2, 0.25) is 5.15 Å². The lowest BCUT2D eigenvalue weighted by Crippen LogP contribution is -2.11. The average molecular weight is 198 g/mol. The number of carbonyl (C=O) groups is 1. The molecule has 0 fully saturated rings. The summed E-state index contributed by atoms with van der Waals surface area (Å²) in [5.74, 6) is 0.211. The molecule has 0 atom stereocenters. The Hall–Kier alpha value is -1.42. The number of anilines is 1. The number of nitrogens with zero attached hydrogens (tertiary/aromatic N) is 2. The van der Waals surface area contributed by atoms with Crippen LogP contribution in [-0.4, -0.2) is 15.9 Å². The number of rotatable bonds is 3. The lowest BCUT2D eigenvalue weighted by atomic mass is 10.4. The molecule has 1 heterocycles. The largest absolute Gasteiger partial charge is 0.309 e. The summed E-state index contributed by atoms with van der Waals surface area (Å²) in [7, 11) is 0. The van der Waals surface area contributed by atoms with E-state index in [-0.39, 0.29) is 12.3 Å². The second-order valence-corrected chi connectivity index (χ2v) is 2.65. The molecule has 1 aromatic rings. The monoisotopic (exact) mass is 197 g/mol. The molecule has 68 valence electrons. The third-order valence-electron chi connectivity index (χ3n) is 1.22. The van der Waals surface area contributed by atoms with Gasteiger partial charge in [0.1, 0.15) is 5.15 Å². The van der Waals surface area contributed by atoms with E-state index in [9.17, 15) is 4.79 Å². The van der Waals surface area contributed by atoms with Gasteiger partial charge in [0.2, 0.25) is 5.91 Å². The van der Waals surface area contributed by atoms with Gasteiger partial charge in [-0.3, -0.25) is 4.79 Å². The van der Waals surface area contributed by atoms with Gasteiger partial charge in [0.25, 0.3) is 0 Å². The maximum Gasteiger partial charge on any atom is 0.229 e. The first-order valence-electron chi connectivity index (χ1n) is 3.60. The Bertz CT molecular complexity index is 310. The van der Waals surface area contributed by atoms with Gasteiger partial charge in [-0.2, -0.15) is 0 Å². The molecule has 0 saturated carbocycles. The fourth-order valence-electron chi connectivity index (χ4n) is 0.702. The maximum atomic E-state index is 11.0. The van der Waals surface area contributed by atoms with Crippen LogP contribution in [0.5, 0.6) is 0 Å². The van der Waals surface area contributed by atoms with Crippen LogP contribution in [0, 0.1) is 0 Å². The van der Waals surface area contributed by atoms with Gasteiger partial charge in [-0.05, 0) is 0 Å². The van der Waals surface area contributed by atoms with E-state index in [0.29, 0.717) is 11.0 Å². The molecule has 0 aliphatic carbocycles. The first-order chi connectivity index (χ1) is 6.22. The van der Waals surface area contributed by atoms with Gasteiger partial charge in [0, 0.05) is 6.42 Å². The van der Waals surface area contributed by atoms with Gasteiger partial charge < -0.3 is 5.32 Å². The molecule has 0 bridgehead atoms.